The van der Waals surface area contributed by atoms with Crippen LogP contribution in [-0.2, 0) is 22.3 Å². The lowest BCUT2D eigenvalue weighted by Crippen LogP contribution is -1.87. The Morgan fingerprint density at radius 1 is 1.38 bits per heavy atom. The summed E-state index contributed by atoms with van der Waals surface area (Å²) in [5.41, 5.74) is 0. The molecule has 0 aromatic carbocycles. The molecule has 12 heteroatoms. The topological polar surface area (TPSA) is 143 Å². The van der Waals surface area contributed by atoms with Crippen LogP contribution in [0.5, 0.6) is 0 Å². The zero-order valence-electron chi connectivity index (χ0n) is 5.88. The summed E-state index contributed by atoms with van der Waals surface area (Å²) in [5, 5.41) is 0. The molecule has 0 aromatic heterocycles. The molecular weight excluding hydrogens is 247 g/mol. The summed E-state index contributed by atoms with van der Waals surface area (Å²) < 4.78 is 40.3. The van der Waals surface area contributed by atoms with E-state index in [1.165, 1.54) is 0 Å². The van der Waals surface area contributed by atoms with Crippen LogP contribution in [0.15, 0.2) is 4.76 Å². The van der Waals surface area contributed by atoms with Crippen LogP contribution >= 0.6 is 23.8 Å². The monoisotopic (exact) mass is 252 g/mol. The van der Waals surface area contributed by atoms with E-state index in [0.717, 1.165) is 0 Å². The molecule has 0 aliphatic heterocycles. The summed E-state index contributed by atoms with van der Waals surface area (Å²) in [6.07, 6.45) is 0. The number of phosphoric acid groups is 1. The van der Waals surface area contributed by atoms with Crippen molar-refractivity contribution < 1.29 is 37.0 Å². The van der Waals surface area contributed by atoms with Crippen molar-refractivity contribution in [1.29, 1.82) is 0 Å². The molecule has 0 bridgehead atoms. The fourth-order valence-electron chi connectivity index (χ4n) is 0.263. The first-order chi connectivity index (χ1) is 5.68. The Hall–Kier alpha value is 0.0300. The third-order valence-corrected chi connectivity index (χ3v) is 3.98. The zero-order chi connectivity index (χ0) is 10.7. The summed E-state index contributed by atoms with van der Waals surface area (Å²) in [6, 6.07) is 0. The van der Waals surface area contributed by atoms with Gasteiger partial charge in [-0.2, -0.15) is 9.07 Å². The lowest BCUT2D eigenvalue weighted by molar-refractivity contribution is 0.263. The van der Waals surface area contributed by atoms with Crippen molar-refractivity contribution in [3.8, 4) is 0 Å². The second kappa shape index (κ2) is 4.50. The molecule has 0 fully saturated rings. The molecular formula is CH5NO8P3+. The van der Waals surface area contributed by atoms with Crippen molar-refractivity contribution in [3.63, 3.8) is 0 Å². The van der Waals surface area contributed by atoms with Gasteiger partial charge in [-0.3, -0.25) is 4.89 Å². The first kappa shape index (κ1) is 13.0. The maximum atomic E-state index is 10.5. The highest BCUT2D eigenvalue weighted by Crippen LogP contribution is 2.63. The van der Waals surface area contributed by atoms with Crippen molar-refractivity contribution in [3.05, 3.63) is 0 Å². The largest absolute Gasteiger partial charge is 0.705 e. The summed E-state index contributed by atoms with van der Waals surface area (Å²) in [7, 11) is -13.2. The van der Waals surface area contributed by atoms with Crippen LogP contribution in [0, 0.1) is 0 Å². The van der Waals surface area contributed by atoms with E-state index in [9.17, 15) is 13.7 Å². The maximum absolute atomic E-state index is 10.5. The predicted octanol–water partition coefficient (Wildman–Crippen LogP) is 0.571. The highest BCUT2D eigenvalue weighted by atomic mass is 31.3. The molecule has 0 radical (unpaired) electrons. The van der Waals surface area contributed by atoms with Crippen molar-refractivity contribution in [2.75, 3.05) is 0 Å². The number of hydrogen-bond acceptors (Lipinski definition) is 5. The molecule has 3 atom stereocenters. The Kier molecular flexibility index (Phi) is 4.51. The highest BCUT2D eigenvalue weighted by Gasteiger charge is 2.41. The summed E-state index contributed by atoms with van der Waals surface area (Å²) in [6.45, 7) is 2.58. The van der Waals surface area contributed by atoms with Crippen molar-refractivity contribution in [1.82, 2.24) is 0 Å². The van der Waals surface area contributed by atoms with Gasteiger partial charge in [0.2, 0.25) is 0 Å². The van der Waals surface area contributed by atoms with Crippen LogP contribution in [0.1, 0.15) is 0 Å². The van der Waals surface area contributed by atoms with E-state index in [1.807, 2.05) is 0 Å². The van der Waals surface area contributed by atoms with E-state index >= 15 is 0 Å². The van der Waals surface area contributed by atoms with E-state index in [1.54, 1.807) is 0 Å². The molecule has 3 unspecified atom stereocenters. The van der Waals surface area contributed by atoms with Gasteiger partial charge in [-0.15, -0.1) is 4.89 Å². The van der Waals surface area contributed by atoms with E-state index in [-0.39, 0.29) is 0 Å². The Labute approximate surface area is 73.2 Å². The van der Waals surface area contributed by atoms with Gasteiger partial charge in [-0.05, 0) is 11.0 Å². The van der Waals surface area contributed by atoms with E-state index in [2.05, 4.69) is 20.1 Å². The standard InChI is InChI=1S/CH4NO8P3/c1-2-12(5,6)10-13(7,8)9-11(3)4/h1H2,(H2-,3,4,5,6,7,8)/p+1. The van der Waals surface area contributed by atoms with Gasteiger partial charge in [0.1, 0.15) is 0 Å². The van der Waals surface area contributed by atoms with E-state index in [4.69, 9.17) is 14.7 Å². The third-order valence-electron chi connectivity index (χ3n) is 0.561. The SMILES string of the molecule is C=NP(=O)(O)OP(=O)(O)O[P+](=O)O. The Balaban J connectivity index is 4.52. The van der Waals surface area contributed by atoms with Crippen molar-refractivity contribution in [2.24, 2.45) is 4.76 Å². The second-order valence-corrected chi connectivity index (χ2v) is 5.48. The average molecular weight is 252 g/mol. The van der Waals surface area contributed by atoms with Crippen LogP contribution in [-0.4, -0.2) is 21.4 Å². The third kappa shape index (κ3) is 6.15. The fraction of sp³-hybridized carbons (Fsp3) is 0. The normalized spacial score (nSPS) is 21.3. The first-order valence-corrected chi connectivity index (χ1v) is 6.55. The molecule has 0 aliphatic rings. The lowest BCUT2D eigenvalue weighted by Gasteiger charge is -2.05. The van der Waals surface area contributed by atoms with Gasteiger partial charge < -0.3 is 4.89 Å². The summed E-state index contributed by atoms with van der Waals surface area (Å²) >= 11 is 0. The fourth-order valence-corrected chi connectivity index (χ4v) is 2.64. The van der Waals surface area contributed by atoms with Gasteiger partial charge in [0.05, 0.1) is 0 Å². The Bertz CT molecular complexity index is 309. The van der Waals surface area contributed by atoms with Gasteiger partial charge in [0, 0.05) is 4.57 Å². The highest BCUT2D eigenvalue weighted by molar-refractivity contribution is 7.65. The molecule has 0 saturated heterocycles. The quantitative estimate of drug-likeness (QED) is 0.475. The molecule has 3 N–H and O–H groups in total. The maximum Gasteiger partial charge on any atom is 0.705 e. The molecule has 13 heavy (non-hydrogen) atoms. The lowest BCUT2D eigenvalue weighted by atomic mass is 11.8. The van der Waals surface area contributed by atoms with Gasteiger partial charge in [0.25, 0.3) is 0 Å². The molecule has 76 valence electrons. The van der Waals surface area contributed by atoms with Crippen LogP contribution in [0.3, 0.4) is 0 Å². The molecule has 0 rings (SSSR count). The van der Waals surface area contributed by atoms with Crippen LogP contribution in [0.2, 0.25) is 0 Å². The Morgan fingerprint density at radius 3 is 2.15 bits per heavy atom. The van der Waals surface area contributed by atoms with Gasteiger partial charge in [0.15, 0.2) is 0 Å². The minimum atomic E-state index is -5.07. The smallest absolute Gasteiger partial charge is 0.306 e. The second-order valence-electron chi connectivity index (χ2n) is 1.50. The van der Waals surface area contributed by atoms with Crippen LogP contribution in [0.25, 0.3) is 0 Å². The van der Waals surface area contributed by atoms with Crippen LogP contribution in [0.4, 0.5) is 0 Å². The van der Waals surface area contributed by atoms with Crippen molar-refractivity contribution >= 4 is 30.5 Å². The summed E-state index contributed by atoms with van der Waals surface area (Å²) in [4.78, 5) is 25.0. The summed E-state index contributed by atoms with van der Waals surface area (Å²) in [5.74, 6) is 0. The molecule has 0 spiro atoms. The molecule has 0 heterocycles. The molecule has 0 saturated carbocycles. The Morgan fingerprint density at radius 2 is 1.85 bits per heavy atom. The minimum Gasteiger partial charge on any atom is -0.306 e. The first-order valence-electron chi connectivity index (χ1n) is 2.39. The number of rotatable bonds is 5. The van der Waals surface area contributed by atoms with Crippen molar-refractivity contribution in [2.45, 2.75) is 0 Å². The van der Waals surface area contributed by atoms with Crippen LogP contribution < -0.4 is 0 Å². The molecule has 9 nitrogen and oxygen atoms in total. The number of nitrogens with zero attached hydrogens (tertiary/aromatic N) is 1. The van der Waals surface area contributed by atoms with Gasteiger partial charge >= 0.3 is 23.8 Å². The van der Waals surface area contributed by atoms with Gasteiger partial charge in [-0.25, -0.2) is 9.13 Å². The number of hydrogen-bond donors (Lipinski definition) is 3. The van der Waals surface area contributed by atoms with Gasteiger partial charge in [-0.1, -0.05) is 0 Å². The van der Waals surface area contributed by atoms with E-state index in [0.29, 0.717) is 0 Å². The average Bonchev–Trinajstić information content (AvgIpc) is 1.81. The minimum absolute atomic E-state index is 2.46. The molecule has 0 amide bonds. The molecule has 0 aromatic rings. The molecule has 0 aliphatic carbocycles. The zero-order valence-corrected chi connectivity index (χ0v) is 8.56. The predicted molar refractivity (Wildman–Crippen MR) is 41.2 cm³/mol. The van der Waals surface area contributed by atoms with E-state index < -0.39 is 23.8 Å².